The van der Waals surface area contributed by atoms with Crippen molar-refractivity contribution < 1.29 is 36.9 Å². The maximum atomic E-state index is 13.4. The highest BCUT2D eigenvalue weighted by Gasteiger charge is 2.53. The number of hydrogen-bond acceptors (Lipinski definition) is 11. The van der Waals surface area contributed by atoms with Crippen LogP contribution in [0.15, 0.2) is 71.2 Å². The molecule has 42 heavy (non-hydrogen) atoms. The lowest BCUT2D eigenvalue weighted by atomic mass is 9.96. The third kappa shape index (κ3) is 6.58. The molecule has 0 radical (unpaired) electrons. The zero-order valence-corrected chi connectivity index (χ0v) is 24.5. The maximum absolute atomic E-state index is 13.4. The highest BCUT2D eigenvalue weighted by atomic mass is 32.2. The SMILES string of the molecule is CC[C@H]1[C@H](NC(=O)/C(=N\OC(C)(C)C(=O)OC(c2ccccc2)c2ccccc2)c2csc(N)n2)C(=O)N1S(=O)(=O)O. The predicted molar refractivity (Wildman–Crippen MR) is 153 cm³/mol. The number of nitrogens with two attached hydrogens (primary N) is 1. The van der Waals surface area contributed by atoms with Crippen molar-refractivity contribution in [3.8, 4) is 0 Å². The van der Waals surface area contributed by atoms with Crippen LogP contribution in [0, 0.1) is 0 Å². The normalized spacial score (nSPS) is 17.5. The summed E-state index contributed by atoms with van der Waals surface area (Å²) < 4.78 is 38.6. The number of hydrogen-bond donors (Lipinski definition) is 3. The number of esters is 1. The van der Waals surface area contributed by atoms with Crippen LogP contribution in [0.2, 0.25) is 0 Å². The van der Waals surface area contributed by atoms with Crippen LogP contribution >= 0.6 is 11.3 Å². The summed E-state index contributed by atoms with van der Waals surface area (Å²) in [7, 11) is -4.80. The zero-order valence-electron chi connectivity index (χ0n) is 22.8. The van der Waals surface area contributed by atoms with Gasteiger partial charge in [0.05, 0.1) is 6.04 Å². The molecule has 1 aliphatic rings. The number of nitrogens with zero attached hydrogens (tertiary/aromatic N) is 3. The number of amides is 2. The number of benzene rings is 2. The fourth-order valence-corrected chi connectivity index (χ4v) is 5.70. The van der Waals surface area contributed by atoms with Gasteiger partial charge in [-0.3, -0.25) is 14.1 Å². The van der Waals surface area contributed by atoms with Crippen LogP contribution in [0.4, 0.5) is 5.13 Å². The smallest absolute Gasteiger partial charge is 0.362 e. The molecule has 2 amide bonds. The first-order valence-corrected chi connectivity index (χ1v) is 15.0. The molecule has 1 fully saturated rings. The van der Waals surface area contributed by atoms with Crippen LogP contribution in [0.3, 0.4) is 0 Å². The van der Waals surface area contributed by atoms with Gasteiger partial charge in [-0.1, -0.05) is 72.7 Å². The maximum Gasteiger partial charge on any atom is 0.362 e. The molecule has 2 heterocycles. The second kappa shape index (κ2) is 12.3. The van der Waals surface area contributed by atoms with Crippen LogP contribution in [0.25, 0.3) is 0 Å². The number of nitrogen functional groups attached to an aromatic ring is 1. The number of aromatic nitrogens is 1. The molecule has 0 saturated carbocycles. The van der Waals surface area contributed by atoms with Gasteiger partial charge >= 0.3 is 16.3 Å². The summed E-state index contributed by atoms with van der Waals surface area (Å²) in [6.07, 6.45) is -0.638. The minimum absolute atomic E-state index is 0.00271. The quantitative estimate of drug-likeness (QED) is 0.0949. The Morgan fingerprint density at radius 2 is 1.71 bits per heavy atom. The topological polar surface area (TPSA) is 191 Å². The fraction of sp³-hybridized carbons (Fsp3) is 0.296. The molecule has 4 N–H and O–H groups in total. The highest BCUT2D eigenvalue weighted by molar-refractivity contribution is 7.84. The molecule has 0 spiro atoms. The summed E-state index contributed by atoms with van der Waals surface area (Å²) in [4.78, 5) is 48.6. The van der Waals surface area contributed by atoms with Crippen molar-refractivity contribution in [3.05, 3.63) is 82.9 Å². The average Bonchev–Trinajstić information content (AvgIpc) is 3.38. The Morgan fingerprint density at radius 1 is 1.14 bits per heavy atom. The van der Waals surface area contributed by atoms with Gasteiger partial charge in [-0.25, -0.2) is 14.1 Å². The van der Waals surface area contributed by atoms with E-state index in [1.807, 2.05) is 60.7 Å². The summed E-state index contributed by atoms with van der Waals surface area (Å²) >= 11 is 1.01. The van der Waals surface area contributed by atoms with Crippen LogP contribution in [0.1, 0.15) is 50.1 Å². The zero-order chi connectivity index (χ0) is 30.7. The summed E-state index contributed by atoms with van der Waals surface area (Å²) in [5.41, 5.74) is 5.07. The van der Waals surface area contributed by atoms with E-state index < -0.39 is 57.6 Å². The van der Waals surface area contributed by atoms with Crippen molar-refractivity contribution >= 4 is 50.3 Å². The fourth-order valence-electron chi connectivity index (χ4n) is 4.20. The molecule has 4 rings (SSSR count). The molecule has 2 atom stereocenters. The lowest BCUT2D eigenvalue weighted by molar-refractivity contribution is -0.172. The van der Waals surface area contributed by atoms with Gasteiger partial charge in [0.15, 0.2) is 16.9 Å². The standard InChI is InChI=1S/C27H29N5O8S2/c1-4-19-21(24(34)32(19)42(36,37)38)30-23(33)20(18-15-41-26(28)29-18)31-40-27(2,3)25(35)39-22(16-11-7-5-8-12-16)17-13-9-6-10-14-17/h5-15,19,21-22H,4H2,1-3H3,(H2,28,29)(H,30,33)(H,36,37,38)/b31-20-/t19-,21-/m0/s1. The number of thiazole rings is 1. The molecule has 0 aliphatic carbocycles. The van der Waals surface area contributed by atoms with Crippen LogP contribution in [-0.4, -0.2) is 63.4 Å². The van der Waals surface area contributed by atoms with Crippen LogP contribution < -0.4 is 11.1 Å². The second-order valence-electron chi connectivity index (χ2n) is 9.76. The minimum Gasteiger partial charge on any atom is -0.450 e. The third-order valence-electron chi connectivity index (χ3n) is 6.39. The van der Waals surface area contributed by atoms with E-state index in [0.29, 0.717) is 4.31 Å². The molecule has 1 saturated heterocycles. The van der Waals surface area contributed by atoms with Gasteiger partial charge in [-0.05, 0) is 31.4 Å². The predicted octanol–water partition coefficient (Wildman–Crippen LogP) is 2.47. The van der Waals surface area contributed by atoms with Crippen molar-refractivity contribution in [2.45, 2.75) is 51.0 Å². The number of nitrogens with one attached hydrogen (secondary N) is 1. The molecule has 0 unspecified atom stereocenters. The van der Waals surface area contributed by atoms with E-state index in [1.54, 1.807) is 6.92 Å². The third-order valence-corrected chi connectivity index (χ3v) is 8.01. The average molecular weight is 616 g/mol. The van der Waals surface area contributed by atoms with Gasteiger partial charge in [0.25, 0.3) is 11.8 Å². The Bertz CT molecular complexity index is 1550. The molecule has 2 aromatic carbocycles. The number of oxime groups is 1. The van der Waals surface area contributed by atoms with E-state index in [9.17, 15) is 27.4 Å². The molecule has 0 bridgehead atoms. The molecule has 15 heteroatoms. The van der Waals surface area contributed by atoms with Crippen LogP contribution in [0.5, 0.6) is 0 Å². The number of carbonyl (C=O) groups excluding carboxylic acids is 3. The van der Waals surface area contributed by atoms with Gasteiger partial charge in [0, 0.05) is 5.38 Å². The summed E-state index contributed by atoms with van der Waals surface area (Å²) in [6.45, 7) is 4.40. The number of rotatable bonds is 11. The van der Waals surface area contributed by atoms with Crippen LogP contribution in [-0.2, 0) is 34.3 Å². The first-order chi connectivity index (χ1) is 19.8. The summed E-state index contributed by atoms with van der Waals surface area (Å²) in [5, 5.41) is 7.85. The van der Waals surface area contributed by atoms with Crippen molar-refractivity contribution in [2.75, 3.05) is 5.73 Å². The van der Waals surface area contributed by atoms with Gasteiger partial charge in [-0.15, -0.1) is 11.3 Å². The highest BCUT2D eigenvalue weighted by Crippen LogP contribution is 2.29. The lowest BCUT2D eigenvalue weighted by Crippen LogP contribution is -2.72. The largest absolute Gasteiger partial charge is 0.450 e. The van der Waals surface area contributed by atoms with E-state index in [1.165, 1.54) is 19.2 Å². The van der Waals surface area contributed by atoms with E-state index in [0.717, 1.165) is 22.5 Å². The van der Waals surface area contributed by atoms with E-state index in [-0.39, 0.29) is 17.2 Å². The van der Waals surface area contributed by atoms with Gasteiger partial charge in [0.1, 0.15) is 11.7 Å². The number of ether oxygens (including phenoxy) is 1. The first-order valence-electron chi connectivity index (χ1n) is 12.7. The molecule has 1 aliphatic heterocycles. The molecular formula is C27H29N5O8S2. The van der Waals surface area contributed by atoms with Crippen molar-refractivity contribution in [2.24, 2.45) is 5.16 Å². The van der Waals surface area contributed by atoms with Gasteiger partial charge in [0.2, 0.25) is 5.60 Å². The Labute approximate surface area is 246 Å². The summed E-state index contributed by atoms with van der Waals surface area (Å²) in [5.74, 6) is -2.75. The van der Waals surface area contributed by atoms with Crippen molar-refractivity contribution in [1.29, 1.82) is 0 Å². The minimum atomic E-state index is -4.80. The van der Waals surface area contributed by atoms with Crippen molar-refractivity contribution in [3.63, 3.8) is 0 Å². The number of anilines is 1. The first kappa shape index (κ1) is 30.6. The monoisotopic (exact) mass is 615 g/mol. The Hall–Kier alpha value is -4.34. The number of β-lactam (4-membered cyclic amide) rings is 1. The Balaban J connectivity index is 1.56. The van der Waals surface area contributed by atoms with Gasteiger partial charge < -0.3 is 20.6 Å². The molecule has 3 aromatic rings. The van der Waals surface area contributed by atoms with E-state index in [4.69, 9.17) is 15.3 Å². The number of carbonyl (C=O) groups is 3. The van der Waals surface area contributed by atoms with E-state index in [2.05, 4.69) is 15.5 Å². The second-order valence-corrected chi connectivity index (χ2v) is 11.9. The molecule has 13 nitrogen and oxygen atoms in total. The Kier molecular flexibility index (Phi) is 8.94. The molecule has 1 aromatic heterocycles. The van der Waals surface area contributed by atoms with Gasteiger partial charge in [-0.2, -0.15) is 8.42 Å². The Morgan fingerprint density at radius 3 is 2.19 bits per heavy atom. The van der Waals surface area contributed by atoms with E-state index >= 15 is 0 Å². The lowest BCUT2D eigenvalue weighted by Gasteiger charge is -2.43. The molecule has 222 valence electrons. The molecular weight excluding hydrogens is 586 g/mol. The summed E-state index contributed by atoms with van der Waals surface area (Å²) in [6, 6.07) is 16.0. The van der Waals surface area contributed by atoms with Crippen molar-refractivity contribution in [1.82, 2.24) is 14.6 Å².